The van der Waals surface area contributed by atoms with Crippen LogP contribution in [0.25, 0.3) is 17.1 Å². The van der Waals surface area contributed by atoms with Crippen LogP contribution in [-0.4, -0.2) is 75.7 Å². The zero-order valence-corrected chi connectivity index (χ0v) is 24.9. The second-order valence-corrected chi connectivity index (χ2v) is 11.1. The number of amides is 1. The molecule has 1 amide bonds. The Morgan fingerprint density at radius 2 is 1.74 bits per heavy atom. The molecule has 3 N–H and O–H groups in total. The molecule has 13 heteroatoms. The predicted octanol–water partition coefficient (Wildman–Crippen LogP) is 2.81. The first-order valence-corrected chi connectivity index (χ1v) is 14.7. The van der Waals surface area contributed by atoms with Crippen LogP contribution in [0.4, 0.5) is 17.5 Å². The third-order valence-electron chi connectivity index (χ3n) is 8.10. The number of benzene rings is 1. The molecule has 12 nitrogen and oxygen atoms in total. The van der Waals surface area contributed by atoms with Gasteiger partial charge >= 0.3 is 0 Å². The molecule has 224 valence electrons. The second-order valence-electron chi connectivity index (χ2n) is 10.7. The van der Waals surface area contributed by atoms with Crippen molar-refractivity contribution in [3.8, 4) is 17.1 Å². The van der Waals surface area contributed by atoms with Gasteiger partial charge in [-0.05, 0) is 44.0 Å². The molecule has 2 aliphatic rings. The van der Waals surface area contributed by atoms with Gasteiger partial charge in [0.1, 0.15) is 17.1 Å². The van der Waals surface area contributed by atoms with Gasteiger partial charge in [-0.1, -0.05) is 29.8 Å². The summed E-state index contributed by atoms with van der Waals surface area (Å²) in [6.45, 7) is 5.94. The van der Waals surface area contributed by atoms with Crippen LogP contribution in [0.1, 0.15) is 28.9 Å². The van der Waals surface area contributed by atoms with Crippen LogP contribution in [0.5, 0.6) is 0 Å². The summed E-state index contributed by atoms with van der Waals surface area (Å²) in [5.74, 6) is 1.43. The Labute approximate surface area is 254 Å². The first-order valence-electron chi connectivity index (χ1n) is 14.3. The van der Waals surface area contributed by atoms with Gasteiger partial charge in [-0.2, -0.15) is 0 Å². The molecule has 2 saturated heterocycles. The van der Waals surface area contributed by atoms with Crippen LogP contribution >= 0.6 is 11.6 Å². The molecule has 0 spiro atoms. The van der Waals surface area contributed by atoms with E-state index in [9.17, 15) is 9.59 Å². The van der Waals surface area contributed by atoms with Crippen molar-refractivity contribution < 1.29 is 9.53 Å². The van der Waals surface area contributed by atoms with Gasteiger partial charge in [-0.25, -0.2) is 19.6 Å². The minimum Gasteiger partial charge on any atom is -0.381 e. The zero-order valence-electron chi connectivity index (χ0n) is 24.2. The number of pyridine rings is 1. The lowest BCUT2D eigenvalue weighted by molar-refractivity contribution is 0.0929. The van der Waals surface area contributed by atoms with Gasteiger partial charge in [0.05, 0.1) is 41.5 Å². The fourth-order valence-electron chi connectivity index (χ4n) is 5.64. The smallest absolute Gasteiger partial charge is 0.284 e. The molecule has 0 radical (unpaired) electrons. The van der Waals surface area contributed by atoms with Gasteiger partial charge in [0, 0.05) is 39.3 Å². The number of aromatic nitrogens is 5. The largest absolute Gasteiger partial charge is 0.381 e. The summed E-state index contributed by atoms with van der Waals surface area (Å²) in [5.41, 5.74) is 8.42. The van der Waals surface area contributed by atoms with Gasteiger partial charge in [0.2, 0.25) is 0 Å². The Kier molecular flexibility index (Phi) is 8.04. The van der Waals surface area contributed by atoms with Crippen molar-refractivity contribution in [3.63, 3.8) is 0 Å². The number of carbonyl (C=O) groups excluding carboxylic acids is 1. The van der Waals surface area contributed by atoms with Crippen LogP contribution < -0.4 is 26.4 Å². The third kappa shape index (κ3) is 5.67. The van der Waals surface area contributed by atoms with E-state index in [1.807, 2.05) is 18.2 Å². The van der Waals surface area contributed by atoms with Gasteiger partial charge in [0.15, 0.2) is 11.6 Å². The number of halogens is 1. The maximum absolute atomic E-state index is 13.4. The van der Waals surface area contributed by atoms with Crippen LogP contribution in [0.3, 0.4) is 0 Å². The summed E-state index contributed by atoms with van der Waals surface area (Å²) in [6, 6.07) is 12.8. The Hall–Kier alpha value is -4.42. The van der Waals surface area contributed by atoms with E-state index in [1.54, 1.807) is 49.1 Å². The number of hydrogen-bond donors (Lipinski definition) is 2. The summed E-state index contributed by atoms with van der Waals surface area (Å²) < 4.78 is 8.54. The fourth-order valence-corrected chi connectivity index (χ4v) is 5.85. The maximum atomic E-state index is 13.4. The highest BCUT2D eigenvalue weighted by molar-refractivity contribution is 6.32. The SMILES string of the molecule is Cc1c(C(=O)NC2CCN(c3nc(-c4cccc(N5CCOCC5)n4)cnc3N)CC2)c(=O)n(-c2ccccc2Cl)n1C. The van der Waals surface area contributed by atoms with E-state index in [0.29, 0.717) is 72.9 Å². The summed E-state index contributed by atoms with van der Waals surface area (Å²) in [6.07, 6.45) is 2.97. The van der Waals surface area contributed by atoms with Crippen molar-refractivity contribution in [3.05, 3.63) is 75.3 Å². The highest BCUT2D eigenvalue weighted by Gasteiger charge is 2.28. The molecule has 2 fully saturated rings. The van der Waals surface area contributed by atoms with E-state index < -0.39 is 11.5 Å². The van der Waals surface area contributed by atoms with Crippen molar-refractivity contribution in [2.45, 2.75) is 25.8 Å². The minimum absolute atomic E-state index is 0.110. The van der Waals surface area contributed by atoms with Crippen molar-refractivity contribution in [2.24, 2.45) is 7.05 Å². The minimum atomic E-state index is -0.408. The molecule has 0 unspecified atom stereocenters. The topological polar surface area (TPSA) is 136 Å². The van der Waals surface area contributed by atoms with Crippen molar-refractivity contribution >= 4 is 35.0 Å². The number of ether oxygens (including phenoxy) is 1. The average molecular weight is 604 g/mol. The van der Waals surface area contributed by atoms with Gasteiger partial charge in [-0.3, -0.25) is 14.3 Å². The molecule has 5 heterocycles. The quantitative estimate of drug-likeness (QED) is 0.341. The third-order valence-corrected chi connectivity index (χ3v) is 8.42. The number of anilines is 3. The van der Waals surface area contributed by atoms with Crippen molar-refractivity contribution in [1.29, 1.82) is 0 Å². The number of nitrogens with zero attached hydrogens (tertiary/aromatic N) is 7. The standard InChI is InChI=1S/C30H34ClN9O3/c1-19-26(30(42)40(37(19)2)24-8-4-3-6-21(24)31)29(41)34-20-10-12-39(13-11-20)28-27(32)33-18-23(36-28)22-7-5-9-25(35-22)38-14-16-43-17-15-38/h3-9,18,20H,10-17H2,1-2H3,(H2,32,33)(H,34,41). The Morgan fingerprint density at radius 3 is 2.49 bits per heavy atom. The number of nitrogen functional groups attached to an aromatic ring is 1. The number of rotatable bonds is 6. The molecular weight excluding hydrogens is 570 g/mol. The second kappa shape index (κ2) is 12.1. The maximum Gasteiger partial charge on any atom is 0.284 e. The van der Waals surface area contributed by atoms with Crippen molar-refractivity contribution in [2.75, 3.05) is 54.9 Å². The van der Waals surface area contributed by atoms with Crippen LogP contribution in [0, 0.1) is 6.92 Å². The van der Waals surface area contributed by atoms with E-state index in [2.05, 4.69) is 20.1 Å². The molecule has 43 heavy (non-hydrogen) atoms. The van der Waals surface area contributed by atoms with E-state index in [0.717, 1.165) is 24.6 Å². The number of nitrogens with one attached hydrogen (secondary N) is 1. The Balaban J connectivity index is 1.14. The molecule has 0 aliphatic carbocycles. The van der Waals surface area contributed by atoms with Gasteiger partial charge in [0.25, 0.3) is 11.5 Å². The van der Waals surface area contributed by atoms with E-state index in [1.165, 1.54) is 4.68 Å². The van der Waals surface area contributed by atoms with E-state index in [4.69, 9.17) is 32.0 Å². The lowest BCUT2D eigenvalue weighted by Gasteiger charge is -2.33. The molecule has 6 rings (SSSR count). The fraction of sp³-hybridized carbons (Fsp3) is 0.367. The van der Waals surface area contributed by atoms with Crippen molar-refractivity contribution in [1.82, 2.24) is 29.6 Å². The molecule has 3 aromatic heterocycles. The number of piperidine rings is 1. The molecule has 0 atom stereocenters. The zero-order chi connectivity index (χ0) is 30.1. The molecule has 2 aliphatic heterocycles. The number of para-hydroxylation sites is 1. The summed E-state index contributed by atoms with van der Waals surface area (Å²) in [7, 11) is 1.74. The van der Waals surface area contributed by atoms with Crippen LogP contribution in [0.2, 0.25) is 5.02 Å². The number of nitrogens with two attached hydrogens (primary N) is 1. The van der Waals surface area contributed by atoms with Crippen LogP contribution in [0.15, 0.2) is 53.5 Å². The van der Waals surface area contributed by atoms with Gasteiger partial charge < -0.3 is 25.6 Å². The van der Waals surface area contributed by atoms with E-state index in [-0.39, 0.29) is 11.6 Å². The highest BCUT2D eigenvalue weighted by Crippen LogP contribution is 2.27. The first kappa shape index (κ1) is 28.7. The monoisotopic (exact) mass is 603 g/mol. The summed E-state index contributed by atoms with van der Waals surface area (Å²) in [5, 5.41) is 3.50. The lowest BCUT2D eigenvalue weighted by Crippen LogP contribution is -2.46. The van der Waals surface area contributed by atoms with Gasteiger partial charge in [-0.15, -0.1) is 0 Å². The molecule has 4 aromatic rings. The average Bonchev–Trinajstić information content (AvgIpc) is 3.25. The summed E-state index contributed by atoms with van der Waals surface area (Å²) in [4.78, 5) is 45.1. The highest BCUT2D eigenvalue weighted by atomic mass is 35.5. The predicted molar refractivity (Wildman–Crippen MR) is 166 cm³/mol. The Bertz CT molecular complexity index is 1710. The normalized spacial score (nSPS) is 16.0. The molecular formula is C30H34ClN9O3. The van der Waals surface area contributed by atoms with E-state index >= 15 is 0 Å². The lowest BCUT2D eigenvalue weighted by atomic mass is 10.0. The molecule has 0 bridgehead atoms. The first-order chi connectivity index (χ1) is 20.8. The molecule has 0 saturated carbocycles. The number of hydrogen-bond acceptors (Lipinski definition) is 9. The Morgan fingerprint density at radius 1 is 1.00 bits per heavy atom. The molecule has 1 aromatic carbocycles. The summed E-state index contributed by atoms with van der Waals surface area (Å²) >= 11 is 6.35. The number of morpholine rings is 1. The van der Waals surface area contributed by atoms with Crippen LogP contribution in [-0.2, 0) is 11.8 Å². The number of carbonyl (C=O) groups is 1.